The van der Waals surface area contributed by atoms with Crippen LogP contribution in [0.25, 0.3) is 0 Å². The van der Waals surface area contributed by atoms with E-state index in [0.29, 0.717) is 36.5 Å². The third-order valence-electron chi connectivity index (χ3n) is 6.71. The minimum Gasteiger partial charge on any atom is -0.386 e. The number of thiophene rings is 1. The number of anilines is 1. The molecule has 1 aromatic heterocycles. The molecule has 2 atom stereocenters. The molecule has 2 aromatic rings. The summed E-state index contributed by atoms with van der Waals surface area (Å²) in [6.45, 7) is 10.3. The summed E-state index contributed by atoms with van der Waals surface area (Å²) in [4.78, 5) is 4.78. The fraction of sp³-hybridized carbons (Fsp3) is 0.583. The molecule has 0 saturated carbocycles. The number of hydrogen-bond donors (Lipinski definition) is 1. The van der Waals surface area contributed by atoms with Gasteiger partial charge in [0, 0.05) is 44.5 Å². The first-order valence-electron chi connectivity index (χ1n) is 11.6. The largest absolute Gasteiger partial charge is 0.386 e. The average molecular weight is 494 g/mol. The van der Waals surface area contributed by atoms with Gasteiger partial charge in [-0.3, -0.25) is 4.90 Å². The smallest absolute Gasteiger partial charge is 0.252 e. The van der Waals surface area contributed by atoms with Crippen molar-refractivity contribution >= 4 is 27.0 Å². The summed E-state index contributed by atoms with van der Waals surface area (Å²) in [5.41, 5.74) is 1.02. The molecule has 4 rings (SSSR count). The molecule has 33 heavy (non-hydrogen) atoms. The van der Waals surface area contributed by atoms with Crippen LogP contribution in [-0.4, -0.2) is 80.8 Å². The van der Waals surface area contributed by atoms with Crippen molar-refractivity contribution < 1.29 is 18.3 Å². The van der Waals surface area contributed by atoms with Gasteiger partial charge in [0.2, 0.25) is 0 Å². The maximum absolute atomic E-state index is 13.3. The molecule has 1 N–H and O–H groups in total. The highest BCUT2D eigenvalue weighted by atomic mass is 32.2. The second-order valence-corrected chi connectivity index (χ2v) is 12.5. The van der Waals surface area contributed by atoms with Crippen molar-refractivity contribution in [2.45, 2.75) is 49.1 Å². The van der Waals surface area contributed by atoms with Crippen LogP contribution in [0, 0.1) is 0 Å². The highest BCUT2D eigenvalue weighted by molar-refractivity contribution is 7.91. The van der Waals surface area contributed by atoms with E-state index >= 15 is 0 Å². The van der Waals surface area contributed by atoms with Crippen molar-refractivity contribution in [1.82, 2.24) is 9.21 Å². The lowest BCUT2D eigenvalue weighted by atomic mass is 9.98. The Morgan fingerprint density at radius 1 is 1.12 bits per heavy atom. The molecule has 7 nitrogen and oxygen atoms in total. The molecule has 0 bridgehead atoms. The second-order valence-electron chi connectivity index (χ2n) is 9.38. The number of sulfonamides is 1. The average Bonchev–Trinajstić information content (AvgIpc) is 3.35. The zero-order valence-electron chi connectivity index (χ0n) is 19.7. The van der Waals surface area contributed by atoms with E-state index in [-0.39, 0.29) is 6.04 Å². The molecule has 2 aliphatic rings. The van der Waals surface area contributed by atoms with Gasteiger partial charge in [-0.15, -0.1) is 11.3 Å². The first-order chi connectivity index (χ1) is 15.7. The monoisotopic (exact) mass is 493 g/mol. The summed E-state index contributed by atoms with van der Waals surface area (Å²) < 4.78 is 34.3. The summed E-state index contributed by atoms with van der Waals surface area (Å²) in [7, 11) is -3.49. The van der Waals surface area contributed by atoms with Crippen molar-refractivity contribution in [1.29, 1.82) is 0 Å². The Hall–Kier alpha value is -1.49. The van der Waals surface area contributed by atoms with Gasteiger partial charge in [-0.05, 0) is 49.4 Å². The third-order valence-corrected chi connectivity index (χ3v) is 9.94. The molecule has 2 saturated heterocycles. The lowest BCUT2D eigenvalue weighted by Crippen LogP contribution is -2.60. The second kappa shape index (κ2) is 10.0. The number of aliphatic hydroxyl groups is 1. The molecule has 9 heteroatoms. The first-order valence-corrected chi connectivity index (χ1v) is 14.0. The lowest BCUT2D eigenvalue weighted by Gasteiger charge is -2.46. The van der Waals surface area contributed by atoms with E-state index in [9.17, 15) is 13.5 Å². The molecule has 3 heterocycles. The predicted molar refractivity (Wildman–Crippen MR) is 132 cm³/mol. The summed E-state index contributed by atoms with van der Waals surface area (Å²) in [5.74, 6) is 0. The van der Waals surface area contributed by atoms with Crippen LogP contribution in [0.4, 0.5) is 5.69 Å². The van der Waals surface area contributed by atoms with E-state index in [1.807, 2.05) is 29.6 Å². The minimum absolute atomic E-state index is 0.0219. The van der Waals surface area contributed by atoms with Crippen LogP contribution in [0.2, 0.25) is 0 Å². The molecule has 182 valence electrons. The van der Waals surface area contributed by atoms with Crippen LogP contribution in [0.5, 0.6) is 0 Å². The molecule has 2 fully saturated rings. The van der Waals surface area contributed by atoms with Crippen molar-refractivity contribution in [3.05, 3.63) is 47.3 Å². The first kappa shape index (κ1) is 24.6. The van der Waals surface area contributed by atoms with Gasteiger partial charge in [0.25, 0.3) is 10.0 Å². The number of nitrogens with zero attached hydrogens (tertiary/aromatic N) is 3. The maximum Gasteiger partial charge on any atom is 0.252 e. The molecule has 1 aromatic carbocycles. The Bertz CT molecular complexity index is 1000. The standard InChI is InChI=1S/C24H35N3O4S2/c1-4-20-18-31-14-13-25(20)16-22-17-26(33(29,30)23-6-5-15-32-23)11-12-27(22)21-9-7-19(8-10-21)24(2,3)28/h5-10,15,20,22,28H,4,11-14,16-18H2,1-3H3/t20-,22+/m1/s1. The van der Waals surface area contributed by atoms with Gasteiger partial charge in [0.15, 0.2) is 0 Å². The summed E-state index contributed by atoms with van der Waals surface area (Å²) in [6.07, 6.45) is 1.00. The molecular weight excluding hydrogens is 458 g/mol. The molecule has 2 aliphatic heterocycles. The van der Waals surface area contributed by atoms with Crippen LogP contribution in [0.3, 0.4) is 0 Å². The zero-order valence-corrected chi connectivity index (χ0v) is 21.3. The van der Waals surface area contributed by atoms with E-state index in [4.69, 9.17) is 4.74 Å². The number of ether oxygens (including phenoxy) is 1. The van der Waals surface area contributed by atoms with Gasteiger partial charge in [-0.1, -0.05) is 25.1 Å². The van der Waals surface area contributed by atoms with Crippen molar-refractivity contribution in [2.24, 2.45) is 0 Å². The van der Waals surface area contributed by atoms with E-state index in [0.717, 1.165) is 37.4 Å². The van der Waals surface area contributed by atoms with Gasteiger partial charge < -0.3 is 14.7 Å². The number of benzene rings is 1. The van der Waals surface area contributed by atoms with Gasteiger partial charge >= 0.3 is 0 Å². The van der Waals surface area contributed by atoms with Crippen molar-refractivity contribution in [2.75, 3.05) is 50.8 Å². The Morgan fingerprint density at radius 2 is 1.88 bits per heavy atom. The van der Waals surface area contributed by atoms with Gasteiger partial charge in [0.1, 0.15) is 4.21 Å². The SMILES string of the molecule is CC[C@@H]1COCCN1C[C@H]1CN(S(=O)(=O)c2cccs2)CCN1c1ccc(C(C)(C)O)cc1. The normalized spacial score (nSPS) is 23.7. The van der Waals surface area contributed by atoms with Crippen molar-refractivity contribution in [3.8, 4) is 0 Å². The molecule has 0 amide bonds. The summed E-state index contributed by atoms with van der Waals surface area (Å²) in [6, 6.07) is 11.9. The number of piperazine rings is 1. The Kier molecular flexibility index (Phi) is 7.47. The van der Waals surface area contributed by atoms with E-state index in [1.165, 1.54) is 11.3 Å². The Labute approximate surface area is 201 Å². The van der Waals surface area contributed by atoms with E-state index in [1.54, 1.807) is 30.3 Å². The predicted octanol–water partition coefficient (Wildman–Crippen LogP) is 2.97. The van der Waals surface area contributed by atoms with Gasteiger partial charge in [0.05, 0.1) is 24.9 Å². The lowest BCUT2D eigenvalue weighted by molar-refractivity contribution is -0.0126. The van der Waals surface area contributed by atoms with Crippen molar-refractivity contribution in [3.63, 3.8) is 0 Å². The Morgan fingerprint density at radius 3 is 2.52 bits per heavy atom. The quantitative estimate of drug-likeness (QED) is 0.639. The Balaban J connectivity index is 1.60. The van der Waals surface area contributed by atoms with Gasteiger partial charge in [-0.2, -0.15) is 4.31 Å². The van der Waals surface area contributed by atoms with Crippen LogP contribution >= 0.6 is 11.3 Å². The summed E-state index contributed by atoms with van der Waals surface area (Å²) >= 11 is 1.27. The van der Waals surface area contributed by atoms with Crippen LogP contribution < -0.4 is 4.90 Å². The molecular formula is C24H35N3O4S2. The number of hydrogen-bond acceptors (Lipinski definition) is 7. The highest BCUT2D eigenvalue weighted by Gasteiger charge is 2.37. The maximum atomic E-state index is 13.3. The molecule has 0 spiro atoms. The van der Waals surface area contributed by atoms with Crippen LogP contribution in [0.1, 0.15) is 32.8 Å². The van der Waals surface area contributed by atoms with E-state index < -0.39 is 15.6 Å². The fourth-order valence-corrected chi connectivity index (χ4v) is 7.33. The number of morpholine rings is 1. The highest BCUT2D eigenvalue weighted by Crippen LogP contribution is 2.29. The molecule has 0 radical (unpaired) electrons. The topological polar surface area (TPSA) is 73.3 Å². The van der Waals surface area contributed by atoms with Gasteiger partial charge in [-0.25, -0.2) is 8.42 Å². The van der Waals surface area contributed by atoms with Crippen LogP contribution in [0.15, 0.2) is 46.0 Å². The van der Waals surface area contributed by atoms with E-state index in [2.05, 4.69) is 16.7 Å². The molecule has 0 aliphatic carbocycles. The van der Waals surface area contributed by atoms with Crippen LogP contribution in [-0.2, 0) is 20.4 Å². The minimum atomic E-state index is -3.49. The third kappa shape index (κ3) is 5.44. The summed E-state index contributed by atoms with van der Waals surface area (Å²) in [5, 5.41) is 12.1. The fourth-order valence-electron chi connectivity index (χ4n) is 4.72. The zero-order chi connectivity index (χ0) is 23.6. The number of rotatable bonds is 7. The molecule has 0 unspecified atom stereocenters.